The van der Waals surface area contributed by atoms with E-state index in [4.69, 9.17) is 9.47 Å². The van der Waals surface area contributed by atoms with Gasteiger partial charge in [0.15, 0.2) is 0 Å². The van der Waals surface area contributed by atoms with Gasteiger partial charge in [0, 0.05) is 31.6 Å². The molecule has 1 aromatic rings. The number of hydrogen-bond donors (Lipinski definition) is 0. The van der Waals surface area contributed by atoms with Gasteiger partial charge in [-0.3, -0.25) is 4.90 Å². The van der Waals surface area contributed by atoms with E-state index in [-0.39, 0.29) is 11.9 Å². The van der Waals surface area contributed by atoms with Crippen LogP contribution in [0.5, 0.6) is 0 Å². The Morgan fingerprint density at radius 2 is 2.04 bits per heavy atom. The van der Waals surface area contributed by atoms with E-state index < -0.39 is 0 Å². The van der Waals surface area contributed by atoms with Crippen molar-refractivity contribution in [1.82, 2.24) is 9.80 Å². The van der Waals surface area contributed by atoms with Crippen LogP contribution < -0.4 is 0 Å². The lowest BCUT2D eigenvalue weighted by Crippen LogP contribution is -2.50. The van der Waals surface area contributed by atoms with Gasteiger partial charge in [-0.15, -0.1) is 0 Å². The molecule has 24 heavy (non-hydrogen) atoms. The highest BCUT2D eigenvalue weighted by Crippen LogP contribution is 2.35. The Bertz CT molecular complexity index is 509. The van der Waals surface area contributed by atoms with Gasteiger partial charge in [0.2, 0.25) is 0 Å². The van der Waals surface area contributed by atoms with E-state index >= 15 is 0 Å². The fourth-order valence-corrected chi connectivity index (χ4v) is 3.82. The van der Waals surface area contributed by atoms with E-state index in [0.29, 0.717) is 12.0 Å². The van der Waals surface area contributed by atoms with Crippen LogP contribution in [0.4, 0.5) is 4.39 Å². The Hall–Kier alpha value is -1.01. The minimum atomic E-state index is -0.172. The molecule has 0 N–H and O–H groups in total. The first kappa shape index (κ1) is 17.8. The lowest BCUT2D eigenvalue weighted by atomic mass is 10.0. The highest BCUT2D eigenvalue weighted by molar-refractivity contribution is 5.16. The number of rotatable bonds is 7. The highest BCUT2D eigenvalue weighted by atomic mass is 19.1. The number of likely N-dealkylation sites (N-methyl/N-ethyl adjacent to an activating group) is 1. The fourth-order valence-electron chi connectivity index (χ4n) is 3.82. The van der Waals surface area contributed by atoms with Crippen LogP contribution in [0.3, 0.4) is 0 Å². The van der Waals surface area contributed by atoms with Crippen LogP contribution in [0.15, 0.2) is 24.3 Å². The molecule has 1 heterocycles. The third-order valence-corrected chi connectivity index (χ3v) is 5.15. The number of hydrogen-bond acceptors (Lipinski definition) is 4. The average molecular weight is 336 g/mol. The molecule has 0 bridgehead atoms. The van der Waals surface area contributed by atoms with Crippen molar-refractivity contribution in [2.24, 2.45) is 5.92 Å². The monoisotopic (exact) mass is 336 g/mol. The summed E-state index contributed by atoms with van der Waals surface area (Å²) >= 11 is 0. The maximum absolute atomic E-state index is 13.1. The van der Waals surface area contributed by atoms with Gasteiger partial charge in [-0.05, 0) is 44.6 Å². The largest absolute Gasteiger partial charge is 0.380 e. The molecule has 134 valence electrons. The molecule has 0 amide bonds. The van der Waals surface area contributed by atoms with Gasteiger partial charge >= 0.3 is 0 Å². The van der Waals surface area contributed by atoms with E-state index in [2.05, 4.69) is 23.9 Å². The first-order valence-corrected chi connectivity index (χ1v) is 8.96. The van der Waals surface area contributed by atoms with Crippen molar-refractivity contribution in [2.45, 2.75) is 31.5 Å². The number of nitrogens with zero attached hydrogens (tertiary/aromatic N) is 2. The second-order valence-corrected chi connectivity index (χ2v) is 7.22. The summed E-state index contributed by atoms with van der Waals surface area (Å²) in [5.74, 6) is 0.322. The van der Waals surface area contributed by atoms with E-state index in [1.54, 1.807) is 12.1 Å². The van der Waals surface area contributed by atoms with Crippen LogP contribution in [0.1, 0.15) is 18.4 Å². The Kier molecular flexibility index (Phi) is 6.22. The number of morpholine rings is 1. The van der Waals surface area contributed by atoms with E-state index in [9.17, 15) is 4.39 Å². The van der Waals surface area contributed by atoms with Gasteiger partial charge in [0.05, 0.1) is 25.9 Å². The van der Waals surface area contributed by atoms with Crippen molar-refractivity contribution in [2.75, 3.05) is 47.0 Å². The topological polar surface area (TPSA) is 24.9 Å². The second-order valence-electron chi connectivity index (χ2n) is 7.22. The van der Waals surface area contributed by atoms with E-state index in [1.165, 1.54) is 5.56 Å². The zero-order chi connectivity index (χ0) is 16.9. The first-order valence-electron chi connectivity index (χ1n) is 8.96. The Balaban J connectivity index is 1.52. The van der Waals surface area contributed by atoms with Crippen molar-refractivity contribution in [3.8, 4) is 0 Å². The highest BCUT2D eigenvalue weighted by Gasteiger charge is 2.42. The second kappa shape index (κ2) is 8.39. The van der Waals surface area contributed by atoms with Gasteiger partial charge in [-0.25, -0.2) is 4.39 Å². The van der Waals surface area contributed by atoms with Gasteiger partial charge in [0.25, 0.3) is 0 Å². The summed E-state index contributed by atoms with van der Waals surface area (Å²) in [6.45, 7) is 5.13. The van der Waals surface area contributed by atoms with Crippen molar-refractivity contribution < 1.29 is 13.9 Å². The predicted octanol–water partition coefficient (Wildman–Crippen LogP) is 2.38. The maximum atomic E-state index is 13.1. The molecule has 1 aliphatic heterocycles. The van der Waals surface area contributed by atoms with Crippen LogP contribution in [0, 0.1) is 11.7 Å². The lowest BCUT2D eigenvalue weighted by Gasteiger charge is -2.39. The summed E-state index contributed by atoms with van der Waals surface area (Å²) < 4.78 is 25.0. The van der Waals surface area contributed by atoms with Gasteiger partial charge < -0.3 is 14.4 Å². The van der Waals surface area contributed by atoms with Crippen LogP contribution in [0.25, 0.3) is 0 Å². The quantitative estimate of drug-likeness (QED) is 0.714. The minimum absolute atomic E-state index is 0.172. The Morgan fingerprint density at radius 1 is 1.25 bits per heavy atom. The van der Waals surface area contributed by atoms with E-state index in [1.807, 2.05) is 12.1 Å². The molecule has 0 aromatic heterocycles. The van der Waals surface area contributed by atoms with Crippen LogP contribution in [-0.2, 0) is 16.0 Å². The molecule has 5 heteroatoms. The first-order chi connectivity index (χ1) is 11.6. The maximum Gasteiger partial charge on any atom is 0.123 e. The summed E-state index contributed by atoms with van der Waals surface area (Å²) in [5, 5.41) is 0. The van der Waals surface area contributed by atoms with Gasteiger partial charge in [-0.2, -0.15) is 0 Å². The number of fused-ring (bicyclic) bond motifs is 1. The zero-order valence-corrected chi connectivity index (χ0v) is 14.8. The molecular weight excluding hydrogens is 307 g/mol. The molecule has 1 saturated carbocycles. The van der Waals surface area contributed by atoms with Crippen molar-refractivity contribution in [1.29, 1.82) is 0 Å². The van der Waals surface area contributed by atoms with Crippen LogP contribution >= 0.6 is 0 Å². The smallest absolute Gasteiger partial charge is 0.123 e. The summed E-state index contributed by atoms with van der Waals surface area (Å²) in [7, 11) is 4.12. The summed E-state index contributed by atoms with van der Waals surface area (Å²) in [4.78, 5) is 4.64. The molecule has 4 nitrogen and oxygen atoms in total. The molecule has 1 saturated heterocycles. The number of ether oxygens (including phenoxy) is 2. The lowest BCUT2D eigenvalue weighted by molar-refractivity contribution is -0.0883. The van der Waals surface area contributed by atoms with Crippen LogP contribution in [0.2, 0.25) is 0 Å². The summed E-state index contributed by atoms with van der Waals surface area (Å²) in [5.41, 5.74) is 1.17. The Morgan fingerprint density at radius 3 is 2.79 bits per heavy atom. The molecule has 1 aromatic carbocycles. The van der Waals surface area contributed by atoms with Gasteiger partial charge in [0.1, 0.15) is 5.82 Å². The summed E-state index contributed by atoms with van der Waals surface area (Å²) in [6, 6.07) is 7.33. The molecule has 3 atom stereocenters. The number of benzene rings is 1. The SMILES string of the molecule is CN(C)CCOC[C@@H]1CC[C@@H]2[C@@H]1OCCN2Cc1ccc(F)cc1. The summed E-state index contributed by atoms with van der Waals surface area (Å²) in [6.07, 6.45) is 2.60. The molecule has 0 radical (unpaired) electrons. The standard InChI is InChI=1S/C19H29FN2O2/c1-21(2)9-11-23-14-16-5-8-18-19(16)24-12-10-22(18)13-15-3-6-17(20)7-4-15/h3-4,6-7,16,18-19H,5,8-14H2,1-2H3/t16-,18+,19+/m0/s1. The molecular formula is C19H29FN2O2. The fraction of sp³-hybridized carbons (Fsp3) is 0.684. The molecule has 3 rings (SSSR count). The van der Waals surface area contributed by atoms with Crippen molar-refractivity contribution in [3.63, 3.8) is 0 Å². The van der Waals surface area contributed by atoms with Crippen LogP contribution in [-0.4, -0.2) is 69.0 Å². The Labute approximate surface area is 144 Å². The zero-order valence-electron chi connectivity index (χ0n) is 14.8. The van der Waals surface area contributed by atoms with E-state index in [0.717, 1.165) is 52.3 Å². The van der Waals surface area contributed by atoms with Crippen molar-refractivity contribution in [3.05, 3.63) is 35.6 Å². The average Bonchev–Trinajstić information content (AvgIpc) is 2.98. The number of halogens is 1. The van der Waals surface area contributed by atoms with Gasteiger partial charge in [-0.1, -0.05) is 12.1 Å². The predicted molar refractivity (Wildman–Crippen MR) is 92.4 cm³/mol. The molecule has 2 fully saturated rings. The third-order valence-electron chi connectivity index (χ3n) is 5.15. The molecule has 0 spiro atoms. The third kappa shape index (κ3) is 4.54. The molecule has 2 aliphatic rings. The normalized spacial score (nSPS) is 27.6. The molecule has 0 unspecified atom stereocenters. The molecule has 1 aliphatic carbocycles. The van der Waals surface area contributed by atoms with Crippen molar-refractivity contribution >= 4 is 0 Å². The minimum Gasteiger partial charge on any atom is -0.380 e.